The van der Waals surface area contributed by atoms with Crippen molar-refractivity contribution in [2.24, 2.45) is 0 Å². The third-order valence-corrected chi connectivity index (χ3v) is 2.34. The minimum atomic E-state index is 1.02. The van der Waals surface area contributed by atoms with Crippen LogP contribution in [0.3, 0.4) is 0 Å². The van der Waals surface area contributed by atoms with Crippen molar-refractivity contribution in [3.63, 3.8) is 0 Å². The number of nitrogens with zero attached hydrogens (tertiary/aromatic N) is 3. The first-order valence-corrected chi connectivity index (χ1v) is 5.26. The molecule has 0 saturated heterocycles. The van der Waals surface area contributed by atoms with Crippen molar-refractivity contribution in [2.75, 3.05) is 0 Å². The molecule has 0 saturated carbocycles. The summed E-state index contributed by atoms with van der Waals surface area (Å²) < 4.78 is 1.87. The molecule has 0 aliphatic heterocycles. The number of hydrogen-bond donors (Lipinski definition) is 0. The SMILES string of the molecule is CCCc1cnn(-c2ccc(C)nc2)c1. The van der Waals surface area contributed by atoms with Crippen LogP contribution in [0, 0.1) is 6.92 Å². The highest BCUT2D eigenvalue weighted by Crippen LogP contribution is 2.08. The van der Waals surface area contributed by atoms with Gasteiger partial charge in [0.15, 0.2) is 0 Å². The average molecular weight is 201 g/mol. The molecule has 2 rings (SSSR count). The number of hydrogen-bond acceptors (Lipinski definition) is 2. The molecule has 3 nitrogen and oxygen atoms in total. The minimum Gasteiger partial charge on any atom is -0.259 e. The van der Waals surface area contributed by atoms with Gasteiger partial charge in [-0.2, -0.15) is 5.10 Å². The van der Waals surface area contributed by atoms with Crippen LogP contribution in [0.2, 0.25) is 0 Å². The van der Waals surface area contributed by atoms with Crippen molar-refractivity contribution in [3.05, 3.63) is 42.0 Å². The van der Waals surface area contributed by atoms with Gasteiger partial charge in [0.2, 0.25) is 0 Å². The third-order valence-electron chi connectivity index (χ3n) is 2.34. The maximum absolute atomic E-state index is 4.31. The van der Waals surface area contributed by atoms with Crippen molar-refractivity contribution < 1.29 is 0 Å². The predicted octanol–water partition coefficient (Wildman–Crippen LogP) is 2.53. The zero-order chi connectivity index (χ0) is 10.7. The first-order valence-electron chi connectivity index (χ1n) is 5.26. The lowest BCUT2D eigenvalue weighted by atomic mass is 10.2. The Morgan fingerprint density at radius 3 is 2.80 bits per heavy atom. The molecule has 0 bridgehead atoms. The van der Waals surface area contributed by atoms with Crippen molar-refractivity contribution in [2.45, 2.75) is 26.7 Å². The molecule has 2 heterocycles. The summed E-state index contributed by atoms with van der Waals surface area (Å²) >= 11 is 0. The molecular weight excluding hydrogens is 186 g/mol. The van der Waals surface area contributed by atoms with Gasteiger partial charge in [-0.25, -0.2) is 4.68 Å². The van der Waals surface area contributed by atoms with Gasteiger partial charge in [0.05, 0.1) is 18.1 Å². The molecule has 78 valence electrons. The Kier molecular flexibility index (Phi) is 2.81. The normalized spacial score (nSPS) is 10.5. The molecule has 0 spiro atoms. The highest BCUT2D eigenvalue weighted by molar-refractivity contribution is 5.29. The number of aryl methyl sites for hydroxylation is 2. The van der Waals surface area contributed by atoms with E-state index in [2.05, 4.69) is 23.2 Å². The summed E-state index contributed by atoms with van der Waals surface area (Å²) in [5.41, 5.74) is 3.32. The van der Waals surface area contributed by atoms with Gasteiger partial charge >= 0.3 is 0 Å². The predicted molar refractivity (Wildman–Crippen MR) is 60.1 cm³/mol. The number of rotatable bonds is 3. The summed E-state index contributed by atoms with van der Waals surface area (Å²) in [6, 6.07) is 4.03. The van der Waals surface area contributed by atoms with E-state index in [-0.39, 0.29) is 0 Å². The van der Waals surface area contributed by atoms with E-state index in [1.165, 1.54) is 5.56 Å². The van der Waals surface area contributed by atoms with E-state index >= 15 is 0 Å². The maximum Gasteiger partial charge on any atom is 0.0829 e. The lowest BCUT2D eigenvalue weighted by Crippen LogP contribution is -1.95. The molecule has 0 atom stereocenters. The molecule has 3 heteroatoms. The Bertz CT molecular complexity index is 428. The van der Waals surface area contributed by atoms with Gasteiger partial charge in [-0.3, -0.25) is 4.98 Å². The zero-order valence-electron chi connectivity index (χ0n) is 9.14. The molecule has 0 aliphatic rings. The Morgan fingerprint density at radius 2 is 2.13 bits per heavy atom. The maximum atomic E-state index is 4.31. The van der Waals surface area contributed by atoms with Gasteiger partial charge in [0.25, 0.3) is 0 Å². The van der Waals surface area contributed by atoms with Gasteiger partial charge < -0.3 is 0 Å². The Balaban J connectivity index is 2.25. The number of pyridine rings is 1. The second-order valence-electron chi connectivity index (χ2n) is 3.70. The molecule has 15 heavy (non-hydrogen) atoms. The average Bonchev–Trinajstić information content (AvgIpc) is 2.68. The fourth-order valence-electron chi connectivity index (χ4n) is 1.51. The van der Waals surface area contributed by atoms with Crippen LogP contribution in [0.5, 0.6) is 0 Å². The van der Waals surface area contributed by atoms with E-state index in [1.54, 1.807) is 0 Å². The Hall–Kier alpha value is -1.64. The van der Waals surface area contributed by atoms with Gasteiger partial charge in [0.1, 0.15) is 0 Å². The van der Waals surface area contributed by atoms with Crippen LogP contribution in [-0.4, -0.2) is 14.8 Å². The van der Waals surface area contributed by atoms with E-state index in [0.717, 1.165) is 24.2 Å². The van der Waals surface area contributed by atoms with Crippen LogP contribution < -0.4 is 0 Å². The van der Waals surface area contributed by atoms with Crippen LogP contribution in [-0.2, 0) is 6.42 Å². The second kappa shape index (κ2) is 4.26. The number of aromatic nitrogens is 3. The molecule has 0 aliphatic carbocycles. The topological polar surface area (TPSA) is 30.7 Å². The summed E-state index contributed by atoms with van der Waals surface area (Å²) in [4.78, 5) is 4.25. The van der Waals surface area contributed by atoms with Crippen LogP contribution in [0.4, 0.5) is 0 Å². The first kappa shape index (κ1) is 9.90. The van der Waals surface area contributed by atoms with Crippen molar-refractivity contribution in [1.82, 2.24) is 14.8 Å². The van der Waals surface area contributed by atoms with E-state index in [4.69, 9.17) is 0 Å². The summed E-state index contributed by atoms with van der Waals surface area (Å²) in [5, 5.41) is 4.31. The summed E-state index contributed by atoms with van der Waals surface area (Å²) in [7, 11) is 0. The third kappa shape index (κ3) is 2.24. The molecule has 0 unspecified atom stereocenters. The van der Waals surface area contributed by atoms with Crippen LogP contribution in [0.15, 0.2) is 30.7 Å². The first-order chi connectivity index (χ1) is 7.29. The van der Waals surface area contributed by atoms with Crippen LogP contribution in [0.1, 0.15) is 24.6 Å². The van der Waals surface area contributed by atoms with Crippen LogP contribution >= 0.6 is 0 Å². The standard InChI is InChI=1S/C12H15N3/c1-3-4-11-7-14-15(9-11)12-6-5-10(2)13-8-12/h5-9H,3-4H2,1-2H3. The van der Waals surface area contributed by atoms with E-state index in [1.807, 2.05) is 36.1 Å². The van der Waals surface area contributed by atoms with Gasteiger partial charge in [-0.1, -0.05) is 13.3 Å². The highest BCUT2D eigenvalue weighted by Gasteiger charge is 2.00. The lowest BCUT2D eigenvalue weighted by molar-refractivity contribution is 0.869. The van der Waals surface area contributed by atoms with E-state index < -0.39 is 0 Å². The molecule has 0 N–H and O–H groups in total. The molecule has 0 amide bonds. The minimum absolute atomic E-state index is 1.02. The Morgan fingerprint density at radius 1 is 1.27 bits per heavy atom. The molecule has 0 aromatic carbocycles. The van der Waals surface area contributed by atoms with Gasteiger partial charge in [-0.05, 0) is 31.0 Å². The quantitative estimate of drug-likeness (QED) is 0.764. The van der Waals surface area contributed by atoms with Crippen molar-refractivity contribution in [1.29, 1.82) is 0 Å². The molecule has 2 aromatic heterocycles. The largest absolute Gasteiger partial charge is 0.259 e. The lowest BCUT2D eigenvalue weighted by Gasteiger charge is -2.00. The second-order valence-corrected chi connectivity index (χ2v) is 3.70. The van der Waals surface area contributed by atoms with E-state index in [0.29, 0.717) is 0 Å². The van der Waals surface area contributed by atoms with Crippen molar-refractivity contribution >= 4 is 0 Å². The summed E-state index contributed by atoms with van der Waals surface area (Å²) in [6.45, 7) is 4.15. The molecular formula is C12H15N3. The zero-order valence-corrected chi connectivity index (χ0v) is 9.14. The fraction of sp³-hybridized carbons (Fsp3) is 0.333. The smallest absolute Gasteiger partial charge is 0.0829 e. The van der Waals surface area contributed by atoms with Gasteiger partial charge in [-0.15, -0.1) is 0 Å². The Labute approximate surface area is 89.8 Å². The van der Waals surface area contributed by atoms with Gasteiger partial charge in [0, 0.05) is 11.9 Å². The highest BCUT2D eigenvalue weighted by atomic mass is 15.3. The summed E-state index contributed by atoms with van der Waals surface area (Å²) in [6.07, 6.45) is 8.06. The monoisotopic (exact) mass is 201 g/mol. The van der Waals surface area contributed by atoms with Crippen LogP contribution in [0.25, 0.3) is 5.69 Å². The van der Waals surface area contributed by atoms with E-state index in [9.17, 15) is 0 Å². The molecule has 0 radical (unpaired) electrons. The fourth-order valence-corrected chi connectivity index (χ4v) is 1.51. The summed E-state index contributed by atoms with van der Waals surface area (Å²) in [5.74, 6) is 0. The molecule has 0 fully saturated rings. The molecule has 2 aromatic rings. The van der Waals surface area contributed by atoms with Crippen molar-refractivity contribution in [3.8, 4) is 5.69 Å².